The smallest absolute Gasteiger partial charge is 0.230 e. The summed E-state index contributed by atoms with van der Waals surface area (Å²) in [5, 5.41) is 3.63. The van der Waals surface area contributed by atoms with Crippen molar-refractivity contribution in [3.63, 3.8) is 0 Å². The lowest BCUT2D eigenvalue weighted by molar-refractivity contribution is -0.115. The summed E-state index contributed by atoms with van der Waals surface area (Å²) in [6.07, 6.45) is 0. The van der Waals surface area contributed by atoms with Crippen LogP contribution in [0.1, 0.15) is 35.3 Å². The Kier molecular flexibility index (Phi) is 5.92. The number of carbonyl (C=O) groups excluding carboxylic acids is 1. The molecule has 0 saturated heterocycles. The molecule has 27 heavy (non-hydrogen) atoms. The molecule has 0 atom stereocenters. The first-order valence-electron chi connectivity index (χ1n) is 8.61. The van der Waals surface area contributed by atoms with E-state index in [4.69, 9.17) is 4.98 Å². The molecular formula is C20H22N4OS2. The van der Waals surface area contributed by atoms with Gasteiger partial charge in [-0.2, -0.15) is 0 Å². The van der Waals surface area contributed by atoms with Gasteiger partial charge in [0.2, 0.25) is 5.91 Å². The van der Waals surface area contributed by atoms with Crippen molar-refractivity contribution in [3.8, 4) is 0 Å². The van der Waals surface area contributed by atoms with Crippen molar-refractivity contribution in [2.75, 3.05) is 4.90 Å². The standard InChI is InChI=1S/C20H22N4OS2/c1-12-6-7-18(13(2)8-12)24(16(5)25)20-23-17(11-27-20)10-26-19-9-14(3)21-15(4)22-19/h6-9,11H,10H2,1-5H3. The molecule has 2 aromatic heterocycles. The molecule has 7 heteroatoms. The van der Waals surface area contributed by atoms with Gasteiger partial charge < -0.3 is 0 Å². The number of hydrogen-bond acceptors (Lipinski definition) is 6. The van der Waals surface area contributed by atoms with Gasteiger partial charge in [0.1, 0.15) is 10.9 Å². The van der Waals surface area contributed by atoms with Crippen LogP contribution in [0.4, 0.5) is 10.8 Å². The van der Waals surface area contributed by atoms with Crippen LogP contribution in [0.25, 0.3) is 0 Å². The van der Waals surface area contributed by atoms with Crippen molar-refractivity contribution < 1.29 is 4.79 Å². The highest BCUT2D eigenvalue weighted by molar-refractivity contribution is 7.98. The monoisotopic (exact) mass is 398 g/mol. The van der Waals surface area contributed by atoms with Gasteiger partial charge in [-0.3, -0.25) is 9.69 Å². The van der Waals surface area contributed by atoms with Gasteiger partial charge in [0.15, 0.2) is 5.13 Å². The maximum atomic E-state index is 12.3. The van der Waals surface area contributed by atoms with Gasteiger partial charge in [0.25, 0.3) is 0 Å². The van der Waals surface area contributed by atoms with Gasteiger partial charge in [-0.25, -0.2) is 15.0 Å². The van der Waals surface area contributed by atoms with Crippen LogP contribution in [0.15, 0.2) is 34.7 Å². The Hall–Kier alpha value is -2.25. The van der Waals surface area contributed by atoms with Gasteiger partial charge in [-0.15, -0.1) is 11.3 Å². The molecule has 3 aromatic rings. The molecule has 1 aromatic carbocycles. The Bertz CT molecular complexity index is 964. The third kappa shape index (κ3) is 4.73. The highest BCUT2D eigenvalue weighted by Crippen LogP contribution is 2.33. The van der Waals surface area contributed by atoms with E-state index in [2.05, 4.69) is 16.0 Å². The minimum absolute atomic E-state index is 0.0439. The minimum atomic E-state index is -0.0439. The summed E-state index contributed by atoms with van der Waals surface area (Å²) < 4.78 is 0. The summed E-state index contributed by atoms with van der Waals surface area (Å²) >= 11 is 3.11. The average molecular weight is 399 g/mol. The largest absolute Gasteiger partial charge is 0.274 e. The Balaban J connectivity index is 1.81. The zero-order chi connectivity index (χ0) is 19.6. The van der Waals surface area contributed by atoms with E-state index in [-0.39, 0.29) is 5.91 Å². The predicted octanol–water partition coefficient (Wildman–Crippen LogP) is 5.14. The number of nitrogens with zero attached hydrogens (tertiary/aromatic N) is 4. The molecule has 140 valence electrons. The first kappa shape index (κ1) is 19.5. The second-order valence-electron chi connectivity index (χ2n) is 6.45. The molecule has 0 aliphatic rings. The number of rotatable bonds is 5. The lowest BCUT2D eigenvalue weighted by atomic mass is 10.1. The molecule has 3 rings (SSSR count). The first-order valence-corrected chi connectivity index (χ1v) is 10.5. The molecule has 0 aliphatic heterocycles. The quantitative estimate of drug-likeness (QED) is 0.440. The summed E-state index contributed by atoms with van der Waals surface area (Å²) in [5.74, 6) is 1.43. The van der Waals surface area contributed by atoms with Crippen molar-refractivity contribution >= 4 is 39.8 Å². The van der Waals surface area contributed by atoms with Gasteiger partial charge >= 0.3 is 0 Å². The van der Waals surface area contributed by atoms with E-state index in [1.54, 1.807) is 23.6 Å². The number of amides is 1. The van der Waals surface area contributed by atoms with Crippen molar-refractivity contribution in [3.05, 3.63) is 58.0 Å². The number of thioether (sulfide) groups is 1. The molecule has 0 radical (unpaired) electrons. The summed E-state index contributed by atoms with van der Waals surface area (Å²) in [6, 6.07) is 8.05. The lowest BCUT2D eigenvalue weighted by Crippen LogP contribution is -2.23. The van der Waals surface area contributed by atoms with Gasteiger partial charge in [-0.1, -0.05) is 29.5 Å². The van der Waals surface area contributed by atoms with Crippen LogP contribution in [0.5, 0.6) is 0 Å². The third-order valence-electron chi connectivity index (χ3n) is 3.95. The van der Waals surface area contributed by atoms with E-state index < -0.39 is 0 Å². The fourth-order valence-electron chi connectivity index (χ4n) is 2.83. The average Bonchev–Trinajstić information content (AvgIpc) is 3.02. The number of hydrogen-bond donors (Lipinski definition) is 0. The summed E-state index contributed by atoms with van der Waals surface area (Å²) in [6.45, 7) is 9.50. The van der Waals surface area contributed by atoms with Crippen molar-refractivity contribution in [2.24, 2.45) is 0 Å². The first-order chi connectivity index (χ1) is 12.8. The molecule has 0 fully saturated rings. The number of anilines is 2. The van der Waals surface area contributed by atoms with E-state index in [1.165, 1.54) is 16.9 Å². The number of aromatic nitrogens is 3. The second-order valence-corrected chi connectivity index (χ2v) is 8.28. The highest BCUT2D eigenvalue weighted by Gasteiger charge is 2.19. The highest BCUT2D eigenvalue weighted by atomic mass is 32.2. The van der Waals surface area contributed by atoms with Crippen LogP contribution < -0.4 is 4.90 Å². The van der Waals surface area contributed by atoms with Crippen LogP contribution in [0, 0.1) is 27.7 Å². The van der Waals surface area contributed by atoms with Crippen LogP contribution >= 0.6 is 23.1 Å². The molecule has 5 nitrogen and oxygen atoms in total. The van der Waals surface area contributed by atoms with E-state index in [0.29, 0.717) is 10.9 Å². The molecule has 0 unspecified atom stereocenters. The van der Waals surface area contributed by atoms with Crippen molar-refractivity contribution in [1.82, 2.24) is 15.0 Å². The maximum absolute atomic E-state index is 12.3. The minimum Gasteiger partial charge on any atom is -0.274 e. The summed E-state index contributed by atoms with van der Waals surface area (Å²) in [7, 11) is 0. The Morgan fingerprint density at radius 2 is 1.89 bits per heavy atom. The Morgan fingerprint density at radius 3 is 2.56 bits per heavy atom. The summed E-state index contributed by atoms with van der Waals surface area (Å²) in [5.41, 5.74) is 5.00. The summed E-state index contributed by atoms with van der Waals surface area (Å²) in [4.78, 5) is 27.4. The number of aryl methyl sites for hydroxylation is 4. The van der Waals surface area contributed by atoms with Crippen LogP contribution in [-0.2, 0) is 10.5 Å². The number of thiazole rings is 1. The van der Waals surface area contributed by atoms with Gasteiger partial charge in [0, 0.05) is 23.8 Å². The lowest BCUT2D eigenvalue weighted by Gasteiger charge is -2.20. The maximum Gasteiger partial charge on any atom is 0.230 e. The molecular weight excluding hydrogens is 376 g/mol. The normalized spacial score (nSPS) is 10.9. The van der Waals surface area contributed by atoms with Crippen LogP contribution in [0.2, 0.25) is 0 Å². The molecule has 0 saturated carbocycles. The van der Waals surface area contributed by atoms with Crippen LogP contribution in [-0.4, -0.2) is 20.9 Å². The molecule has 0 spiro atoms. The molecule has 0 bridgehead atoms. The fourth-order valence-corrected chi connectivity index (χ4v) is 4.71. The van der Waals surface area contributed by atoms with Crippen LogP contribution in [0.3, 0.4) is 0 Å². The Labute approximate surface area is 167 Å². The molecule has 0 N–H and O–H groups in total. The topological polar surface area (TPSA) is 59.0 Å². The fraction of sp³-hybridized carbons (Fsp3) is 0.300. The second kappa shape index (κ2) is 8.19. The SMILES string of the molecule is CC(=O)N(c1nc(CSc2cc(C)nc(C)n2)cs1)c1ccc(C)cc1C. The van der Waals surface area contributed by atoms with Crippen molar-refractivity contribution in [2.45, 2.75) is 45.4 Å². The van der Waals surface area contributed by atoms with Gasteiger partial charge in [-0.05, 0) is 45.4 Å². The van der Waals surface area contributed by atoms with E-state index in [1.807, 2.05) is 51.3 Å². The molecule has 2 heterocycles. The Morgan fingerprint density at radius 1 is 1.11 bits per heavy atom. The van der Waals surface area contributed by atoms with E-state index in [0.717, 1.165) is 33.5 Å². The van der Waals surface area contributed by atoms with Crippen molar-refractivity contribution in [1.29, 1.82) is 0 Å². The van der Waals surface area contributed by atoms with Gasteiger partial charge in [0.05, 0.1) is 11.4 Å². The van der Waals surface area contributed by atoms with E-state index in [9.17, 15) is 4.79 Å². The molecule has 1 amide bonds. The zero-order valence-electron chi connectivity index (χ0n) is 16.1. The predicted molar refractivity (Wildman–Crippen MR) is 112 cm³/mol. The molecule has 0 aliphatic carbocycles. The van der Waals surface area contributed by atoms with E-state index >= 15 is 0 Å². The third-order valence-corrected chi connectivity index (χ3v) is 5.77. The number of benzene rings is 1. The number of carbonyl (C=O) groups is 1. The zero-order valence-corrected chi connectivity index (χ0v) is 17.7.